The number of amides is 3. The SMILES string of the molecule is CC(C)(C)OC(=O)N[C@@H](CC(N)=O)C(=O)Nc1cccc(-c2ccc(OCc3ccc(F)cc3)cc2)n1. The van der Waals surface area contributed by atoms with Crippen molar-refractivity contribution >= 4 is 23.7 Å². The maximum Gasteiger partial charge on any atom is 0.408 e. The molecule has 37 heavy (non-hydrogen) atoms. The normalized spacial score (nSPS) is 11.8. The Balaban J connectivity index is 1.65. The van der Waals surface area contributed by atoms with Gasteiger partial charge in [0.25, 0.3) is 0 Å². The molecule has 3 amide bonds. The fourth-order valence-electron chi connectivity index (χ4n) is 3.21. The minimum absolute atomic E-state index is 0.222. The highest BCUT2D eigenvalue weighted by atomic mass is 19.1. The van der Waals surface area contributed by atoms with Gasteiger partial charge in [0.2, 0.25) is 11.8 Å². The minimum atomic E-state index is -1.24. The van der Waals surface area contributed by atoms with Crippen LogP contribution in [0, 0.1) is 5.82 Å². The van der Waals surface area contributed by atoms with Crippen molar-refractivity contribution in [3.05, 3.63) is 78.1 Å². The summed E-state index contributed by atoms with van der Waals surface area (Å²) in [5.74, 6) is -0.889. The number of aromatic nitrogens is 1. The molecule has 0 spiro atoms. The Morgan fingerprint density at radius 2 is 1.68 bits per heavy atom. The van der Waals surface area contributed by atoms with E-state index < -0.39 is 36.0 Å². The monoisotopic (exact) mass is 508 g/mol. The highest BCUT2D eigenvalue weighted by molar-refractivity contribution is 5.98. The molecule has 194 valence electrons. The lowest BCUT2D eigenvalue weighted by molar-refractivity contribution is -0.124. The number of hydrogen-bond donors (Lipinski definition) is 3. The number of ether oxygens (including phenoxy) is 2. The molecule has 0 aliphatic carbocycles. The fourth-order valence-corrected chi connectivity index (χ4v) is 3.21. The molecule has 0 bridgehead atoms. The number of nitrogens with two attached hydrogens (primary N) is 1. The van der Waals surface area contributed by atoms with E-state index in [1.807, 2.05) is 12.1 Å². The van der Waals surface area contributed by atoms with Gasteiger partial charge in [0.05, 0.1) is 12.1 Å². The Labute approximate surface area is 214 Å². The van der Waals surface area contributed by atoms with Gasteiger partial charge < -0.3 is 25.8 Å². The minimum Gasteiger partial charge on any atom is -0.489 e. The Morgan fingerprint density at radius 3 is 2.30 bits per heavy atom. The molecule has 0 fully saturated rings. The van der Waals surface area contributed by atoms with Crippen molar-refractivity contribution in [1.29, 1.82) is 0 Å². The van der Waals surface area contributed by atoms with E-state index in [0.29, 0.717) is 18.1 Å². The maximum absolute atomic E-state index is 13.0. The van der Waals surface area contributed by atoms with Gasteiger partial charge in [-0.1, -0.05) is 18.2 Å². The summed E-state index contributed by atoms with van der Waals surface area (Å²) in [5.41, 5.74) is 6.65. The van der Waals surface area contributed by atoms with Gasteiger partial charge in [-0.3, -0.25) is 9.59 Å². The van der Waals surface area contributed by atoms with Crippen LogP contribution in [0.2, 0.25) is 0 Å². The molecule has 4 N–H and O–H groups in total. The van der Waals surface area contributed by atoms with Gasteiger partial charge >= 0.3 is 6.09 Å². The van der Waals surface area contributed by atoms with Crippen LogP contribution in [0.3, 0.4) is 0 Å². The first-order valence-corrected chi connectivity index (χ1v) is 11.5. The second-order valence-electron chi connectivity index (χ2n) is 9.21. The van der Waals surface area contributed by atoms with E-state index >= 15 is 0 Å². The van der Waals surface area contributed by atoms with Crippen LogP contribution in [-0.2, 0) is 20.9 Å². The Kier molecular flexibility index (Phi) is 8.78. The van der Waals surface area contributed by atoms with E-state index in [9.17, 15) is 18.8 Å². The molecule has 2 aromatic carbocycles. The van der Waals surface area contributed by atoms with Crippen molar-refractivity contribution in [2.24, 2.45) is 5.73 Å². The van der Waals surface area contributed by atoms with Crippen molar-refractivity contribution in [2.75, 3.05) is 5.32 Å². The molecule has 0 unspecified atom stereocenters. The van der Waals surface area contributed by atoms with Gasteiger partial charge in [-0.15, -0.1) is 0 Å². The average molecular weight is 509 g/mol. The number of benzene rings is 2. The van der Waals surface area contributed by atoms with E-state index in [-0.39, 0.29) is 11.6 Å². The topological polar surface area (TPSA) is 133 Å². The number of pyridine rings is 1. The second-order valence-corrected chi connectivity index (χ2v) is 9.21. The second kappa shape index (κ2) is 12.0. The summed E-state index contributed by atoms with van der Waals surface area (Å²) in [5, 5.41) is 4.97. The van der Waals surface area contributed by atoms with Crippen molar-refractivity contribution in [1.82, 2.24) is 10.3 Å². The molecule has 0 aliphatic heterocycles. The number of nitrogens with one attached hydrogen (secondary N) is 2. The van der Waals surface area contributed by atoms with Gasteiger partial charge in [-0.2, -0.15) is 0 Å². The smallest absolute Gasteiger partial charge is 0.408 e. The molecule has 0 saturated carbocycles. The molecule has 3 rings (SSSR count). The van der Waals surface area contributed by atoms with Crippen LogP contribution in [0.25, 0.3) is 11.3 Å². The Bertz CT molecular complexity index is 1240. The number of nitrogens with zero attached hydrogens (tertiary/aromatic N) is 1. The summed E-state index contributed by atoms with van der Waals surface area (Å²) in [6.45, 7) is 5.32. The molecule has 1 atom stereocenters. The van der Waals surface area contributed by atoms with Crippen LogP contribution in [0.4, 0.5) is 15.0 Å². The zero-order valence-electron chi connectivity index (χ0n) is 20.8. The third-order valence-electron chi connectivity index (χ3n) is 4.88. The molecule has 0 radical (unpaired) electrons. The zero-order chi connectivity index (χ0) is 27.0. The summed E-state index contributed by atoms with van der Waals surface area (Å²) in [6.07, 6.45) is -1.26. The van der Waals surface area contributed by atoms with E-state index in [1.54, 1.807) is 63.2 Å². The van der Waals surface area contributed by atoms with Crippen molar-refractivity contribution in [3.63, 3.8) is 0 Å². The van der Waals surface area contributed by atoms with Crippen LogP contribution < -0.4 is 21.1 Å². The first-order chi connectivity index (χ1) is 17.5. The number of primary amides is 1. The summed E-state index contributed by atoms with van der Waals surface area (Å²) in [7, 11) is 0. The number of carbonyl (C=O) groups is 3. The highest BCUT2D eigenvalue weighted by Crippen LogP contribution is 2.23. The standard InChI is InChI=1S/C27H29FN4O5/c1-27(2,3)37-26(35)31-22(15-23(29)33)25(34)32-24-6-4-5-21(30-24)18-9-13-20(14-10-18)36-16-17-7-11-19(28)12-8-17/h4-14,22H,15-16H2,1-3H3,(H2,29,33)(H,31,35)(H,30,32,34)/t22-/m0/s1. The lowest BCUT2D eigenvalue weighted by atomic mass is 10.1. The number of hydrogen-bond acceptors (Lipinski definition) is 6. The summed E-state index contributed by atoms with van der Waals surface area (Å²) >= 11 is 0. The number of rotatable bonds is 9. The number of alkyl carbamates (subject to hydrolysis) is 1. The number of carbonyl (C=O) groups excluding carboxylic acids is 3. The van der Waals surface area contributed by atoms with Gasteiger partial charge in [-0.05, 0) is 74.9 Å². The fraction of sp³-hybridized carbons (Fsp3) is 0.259. The first kappa shape index (κ1) is 27.1. The van der Waals surface area contributed by atoms with Crippen LogP contribution in [0.5, 0.6) is 5.75 Å². The predicted molar refractivity (Wildman–Crippen MR) is 136 cm³/mol. The van der Waals surface area contributed by atoms with Gasteiger partial charge in [0, 0.05) is 5.56 Å². The predicted octanol–water partition coefficient (Wildman–Crippen LogP) is 4.17. The van der Waals surface area contributed by atoms with E-state index in [1.165, 1.54) is 12.1 Å². The lowest BCUT2D eigenvalue weighted by Crippen LogP contribution is -2.47. The zero-order valence-corrected chi connectivity index (χ0v) is 20.8. The molecular formula is C27H29FN4O5. The maximum atomic E-state index is 13.0. The lowest BCUT2D eigenvalue weighted by Gasteiger charge is -2.22. The summed E-state index contributed by atoms with van der Waals surface area (Å²) in [6, 6.07) is 17.1. The third-order valence-corrected chi connectivity index (χ3v) is 4.88. The highest BCUT2D eigenvalue weighted by Gasteiger charge is 2.26. The summed E-state index contributed by atoms with van der Waals surface area (Å²) in [4.78, 5) is 40.8. The molecule has 9 nitrogen and oxygen atoms in total. The van der Waals surface area contributed by atoms with Crippen LogP contribution in [0.1, 0.15) is 32.8 Å². The average Bonchev–Trinajstić information content (AvgIpc) is 2.82. The van der Waals surface area contributed by atoms with E-state index in [2.05, 4.69) is 15.6 Å². The van der Waals surface area contributed by atoms with Crippen molar-refractivity contribution < 1.29 is 28.2 Å². The van der Waals surface area contributed by atoms with Gasteiger partial charge in [-0.25, -0.2) is 14.2 Å². The van der Waals surface area contributed by atoms with Gasteiger partial charge in [0.1, 0.15) is 35.6 Å². The molecule has 0 aliphatic rings. The third kappa shape index (κ3) is 8.92. The molecule has 3 aromatic rings. The molecule has 10 heteroatoms. The van der Waals surface area contributed by atoms with Crippen LogP contribution in [0.15, 0.2) is 66.7 Å². The Hall–Kier alpha value is -4.47. The van der Waals surface area contributed by atoms with E-state index in [0.717, 1.165) is 11.1 Å². The molecule has 1 heterocycles. The van der Waals surface area contributed by atoms with Crippen molar-refractivity contribution in [2.45, 2.75) is 45.4 Å². The summed E-state index contributed by atoms with van der Waals surface area (Å²) < 4.78 is 23.9. The quantitative estimate of drug-likeness (QED) is 0.397. The number of halogens is 1. The molecular weight excluding hydrogens is 479 g/mol. The largest absolute Gasteiger partial charge is 0.489 e. The number of anilines is 1. The van der Waals surface area contributed by atoms with Crippen LogP contribution in [-0.4, -0.2) is 34.5 Å². The van der Waals surface area contributed by atoms with Gasteiger partial charge in [0.15, 0.2) is 0 Å². The van der Waals surface area contributed by atoms with Crippen LogP contribution >= 0.6 is 0 Å². The van der Waals surface area contributed by atoms with Crippen molar-refractivity contribution in [3.8, 4) is 17.0 Å². The Morgan fingerprint density at radius 1 is 1.00 bits per heavy atom. The van der Waals surface area contributed by atoms with E-state index in [4.69, 9.17) is 15.2 Å². The first-order valence-electron chi connectivity index (χ1n) is 11.5. The molecule has 0 saturated heterocycles. The molecule has 1 aromatic heterocycles.